The summed E-state index contributed by atoms with van der Waals surface area (Å²) in [6.45, 7) is 8.08. The lowest BCUT2D eigenvalue weighted by molar-refractivity contribution is 0.101. The van der Waals surface area contributed by atoms with Crippen molar-refractivity contribution in [1.29, 1.82) is 0 Å². The fourth-order valence-corrected chi connectivity index (χ4v) is 3.77. The molecule has 0 fully saturated rings. The largest absolute Gasteiger partial charge is 0.293 e. The highest BCUT2D eigenvalue weighted by atomic mass is 16.1. The number of ketones is 1. The van der Waals surface area contributed by atoms with Crippen LogP contribution in [-0.2, 0) is 0 Å². The molecule has 30 heavy (non-hydrogen) atoms. The predicted molar refractivity (Wildman–Crippen MR) is 120 cm³/mol. The Balaban J connectivity index is 1.81. The number of carbonyl (C=O) groups excluding carboxylic acids is 1. The maximum absolute atomic E-state index is 11.7. The Morgan fingerprint density at radius 1 is 1.10 bits per heavy atom. The van der Waals surface area contributed by atoms with Crippen LogP contribution in [0.5, 0.6) is 0 Å². The molecule has 4 aromatic rings. The van der Waals surface area contributed by atoms with E-state index < -0.39 is 0 Å². The topological polar surface area (TPSA) is 60.7 Å². The van der Waals surface area contributed by atoms with Gasteiger partial charge in [0.2, 0.25) is 0 Å². The van der Waals surface area contributed by atoms with Gasteiger partial charge >= 0.3 is 0 Å². The summed E-state index contributed by atoms with van der Waals surface area (Å²) < 4.78 is 1.78. The number of aryl methyl sites for hydroxylation is 1. The average molecular weight is 399 g/mol. The minimum Gasteiger partial charge on any atom is -0.293 e. The lowest BCUT2D eigenvalue weighted by Gasteiger charge is -2.13. The Labute approximate surface area is 176 Å². The fraction of sp³-hybridized carbons (Fsp3) is 0.280. The summed E-state index contributed by atoms with van der Waals surface area (Å²) in [6.07, 6.45) is 4.09. The van der Waals surface area contributed by atoms with Crippen LogP contribution in [0.25, 0.3) is 28.0 Å². The van der Waals surface area contributed by atoms with Crippen LogP contribution >= 0.6 is 0 Å². The van der Waals surface area contributed by atoms with Gasteiger partial charge in [0.15, 0.2) is 11.6 Å². The summed E-state index contributed by atoms with van der Waals surface area (Å²) in [5.41, 5.74) is 5.72. The lowest BCUT2D eigenvalue weighted by Crippen LogP contribution is -2.04. The molecule has 3 aromatic heterocycles. The summed E-state index contributed by atoms with van der Waals surface area (Å²) in [5, 5.41) is 5.53. The van der Waals surface area contributed by atoms with Gasteiger partial charge in [-0.05, 0) is 55.2 Å². The molecule has 0 aliphatic heterocycles. The van der Waals surface area contributed by atoms with Crippen molar-refractivity contribution in [3.05, 3.63) is 71.7 Å². The first-order valence-corrected chi connectivity index (χ1v) is 10.4. The van der Waals surface area contributed by atoms with Gasteiger partial charge in [0.05, 0.1) is 17.4 Å². The first kappa shape index (κ1) is 20.0. The molecular formula is C25H26N4O. The molecule has 5 nitrogen and oxygen atoms in total. The van der Waals surface area contributed by atoms with Crippen LogP contribution in [-0.4, -0.2) is 25.5 Å². The molecule has 0 amide bonds. The molecule has 0 saturated heterocycles. The van der Waals surface area contributed by atoms with Crippen molar-refractivity contribution in [2.45, 2.75) is 46.5 Å². The summed E-state index contributed by atoms with van der Waals surface area (Å²) in [4.78, 5) is 21.2. The molecule has 0 spiro atoms. The summed E-state index contributed by atoms with van der Waals surface area (Å²) >= 11 is 0. The van der Waals surface area contributed by atoms with Gasteiger partial charge in [0.1, 0.15) is 5.69 Å². The molecule has 0 unspecified atom stereocenters. The second-order valence-electron chi connectivity index (χ2n) is 7.91. The van der Waals surface area contributed by atoms with Gasteiger partial charge in [-0.1, -0.05) is 38.5 Å². The number of hydrogen-bond acceptors (Lipinski definition) is 4. The van der Waals surface area contributed by atoms with E-state index in [0.29, 0.717) is 17.4 Å². The normalized spacial score (nSPS) is 12.3. The van der Waals surface area contributed by atoms with Crippen molar-refractivity contribution in [1.82, 2.24) is 19.7 Å². The summed E-state index contributed by atoms with van der Waals surface area (Å²) in [5.74, 6) is 0.998. The zero-order valence-corrected chi connectivity index (χ0v) is 17.9. The number of aromatic nitrogens is 4. The van der Waals surface area contributed by atoms with Gasteiger partial charge in [0.25, 0.3) is 0 Å². The molecular weight excluding hydrogens is 372 g/mol. The zero-order chi connectivity index (χ0) is 21.3. The van der Waals surface area contributed by atoms with Crippen molar-refractivity contribution >= 4 is 16.7 Å². The molecule has 0 aliphatic rings. The lowest BCUT2D eigenvalue weighted by atomic mass is 9.99. The van der Waals surface area contributed by atoms with Gasteiger partial charge in [-0.25, -0.2) is 9.67 Å². The van der Waals surface area contributed by atoms with Gasteiger partial charge in [-0.2, -0.15) is 5.10 Å². The Bertz CT molecular complexity index is 1230. The molecule has 0 bridgehead atoms. The van der Waals surface area contributed by atoms with Gasteiger partial charge < -0.3 is 0 Å². The molecule has 152 valence electrons. The summed E-state index contributed by atoms with van der Waals surface area (Å²) in [7, 11) is 0. The van der Waals surface area contributed by atoms with E-state index in [0.717, 1.165) is 40.7 Å². The van der Waals surface area contributed by atoms with E-state index in [2.05, 4.69) is 61.2 Å². The van der Waals surface area contributed by atoms with Gasteiger partial charge in [-0.15, -0.1) is 0 Å². The van der Waals surface area contributed by atoms with Crippen LogP contribution in [0, 0.1) is 6.92 Å². The molecule has 0 N–H and O–H groups in total. The second kappa shape index (κ2) is 8.19. The first-order valence-electron chi connectivity index (χ1n) is 10.4. The molecule has 1 aromatic carbocycles. The number of hydrogen-bond donors (Lipinski definition) is 0. The molecule has 4 rings (SSSR count). The highest BCUT2D eigenvalue weighted by Crippen LogP contribution is 2.28. The van der Waals surface area contributed by atoms with E-state index in [-0.39, 0.29) is 5.78 Å². The smallest absolute Gasteiger partial charge is 0.178 e. The van der Waals surface area contributed by atoms with Crippen molar-refractivity contribution < 1.29 is 4.79 Å². The van der Waals surface area contributed by atoms with E-state index in [1.165, 1.54) is 12.5 Å². The molecule has 5 heteroatoms. The van der Waals surface area contributed by atoms with E-state index in [1.807, 2.05) is 18.3 Å². The number of carbonyl (C=O) groups is 1. The van der Waals surface area contributed by atoms with Crippen LogP contribution in [0.2, 0.25) is 0 Å². The molecule has 3 heterocycles. The third-order valence-electron chi connectivity index (χ3n) is 5.39. The number of nitrogens with zero attached hydrogens (tertiary/aromatic N) is 4. The minimum atomic E-state index is -0.0633. The van der Waals surface area contributed by atoms with E-state index in [1.54, 1.807) is 10.7 Å². The van der Waals surface area contributed by atoms with Crippen LogP contribution in [0.15, 0.2) is 54.7 Å². The number of benzene rings is 1. The number of pyridine rings is 2. The maximum atomic E-state index is 11.7. The number of rotatable bonds is 6. The maximum Gasteiger partial charge on any atom is 0.178 e. The van der Waals surface area contributed by atoms with Crippen LogP contribution < -0.4 is 0 Å². The van der Waals surface area contributed by atoms with Crippen molar-refractivity contribution in [3.63, 3.8) is 0 Å². The average Bonchev–Trinajstić information content (AvgIpc) is 3.17. The first-order chi connectivity index (χ1) is 14.5. The van der Waals surface area contributed by atoms with Crippen LogP contribution in [0.4, 0.5) is 0 Å². The van der Waals surface area contributed by atoms with E-state index in [9.17, 15) is 4.79 Å². The third-order valence-corrected chi connectivity index (χ3v) is 5.39. The minimum absolute atomic E-state index is 0.0633. The van der Waals surface area contributed by atoms with Crippen molar-refractivity contribution in [2.24, 2.45) is 0 Å². The number of Topliss-reactive ketones (excluding diaryl/α,β-unsaturated/α-hetero) is 1. The Kier molecular flexibility index (Phi) is 5.44. The quantitative estimate of drug-likeness (QED) is 0.380. The highest BCUT2D eigenvalue weighted by molar-refractivity contribution is 5.92. The standard InChI is InChI=1S/C25H26N4O/c1-5-7-17(3)22-12-16(2)13-23(27-22)19-10-11-20-15-26-29(24(20)14-19)25-9-6-8-21(28-25)18(4)30/h6,8-15,17H,5,7H2,1-4H3/t17-/m0/s1. The van der Waals surface area contributed by atoms with Gasteiger partial charge in [0, 0.05) is 23.6 Å². The molecule has 0 radical (unpaired) electrons. The zero-order valence-electron chi connectivity index (χ0n) is 17.9. The SMILES string of the molecule is CCC[C@H](C)c1cc(C)cc(-c2ccc3cnn(-c4cccc(C(C)=O)n4)c3c2)n1. The third kappa shape index (κ3) is 3.88. The second-order valence-corrected chi connectivity index (χ2v) is 7.91. The van der Waals surface area contributed by atoms with Crippen molar-refractivity contribution in [3.8, 4) is 17.1 Å². The highest BCUT2D eigenvalue weighted by Gasteiger charge is 2.13. The fourth-order valence-electron chi connectivity index (χ4n) is 3.77. The Morgan fingerprint density at radius 3 is 2.70 bits per heavy atom. The van der Waals surface area contributed by atoms with E-state index in [4.69, 9.17) is 4.98 Å². The molecule has 0 aliphatic carbocycles. The van der Waals surface area contributed by atoms with E-state index >= 15 is 0 Å². The van der Waals surface area contributed by atoms with Crippen LogP contribution in [0.1, 0.15) is 61.3 Å². The van der Waals surface area contributed by atoms with Crippen LogP contribution in [0.3, 0.4) is 0 Å². The van der Waals surface area contributed by atoms with Crippen molar-refractivity contribution in [2.75, 3.05) is 0 Å². The van der Waals surface area contributed by atoms with Gasteiger partial charge in [-0.3, -0.25) is 9.78 Å². The Hall–Kier alpha value is -3.34. The molecule has 0 saturated carbocycles. The summed E-state index contributed by atoms with van der Waals surface area (Å²) in [6, 6.07) is 16.0. The predicted octanol–water partition coefficient (Wildman–Crippen LogP) is 5.90. The Morgan fingerprint density at radius 2 is 1.93 bits per heavy atom. The monoisotopic (exact) mass is 398 g/mol. The number of fused-ring (bicyclic) bond motifs is 1. The molecule has 1 atom stereocenters.